The van der Waals surface area contributed by atoms with Crippen LogP contribution in [0, 0.1) is 0 Å². The molecule has 0 spiro atoms. The Morgan fingerprint density at radius 3 is 2.55 bits per heavy atom. The molecule has 0 bridgehead atoms. The number of amides is 1. The van der Waals surface area contributed by atoms with Crippen LogP contribution >= 0.6 is 23.2 Å². The van der Waals surface area contributed by atoms with Crippen molar-refractivity contribution >= 4 is 34.8 Å². The predicted molar refractivity (Wildman–Crippen MR) is 118 cm³/mol. The van der Waals surface area contributed by atoms with Crippen molar-refractivity contribution in [1.82, 2.24) is 9.78 Å². The number of anilines is 1. The number of rotatable bonds is 3. The molecule has 0 saturated carbocycles. The van der Waals surface area contributed by atoms with Gasteiger partial charge in [0.1, 0.15) is 5.76 Å². The van der Waals surface area contributed by atoms with E-state index in [0.717, 1.165) is 0 Å². The SMILES string of the molecule is O=C(Nc1cccc(Cl)c1Cl)c1ccc(-n2nc(C(F)(F)F)c3c2-c2ccoc2CC3)cc1. The number of carbonyl (C=O) groups is 1. The van der Waals surface area contributed by atoms with Crippen LogP contribution in [0.25, 0.3) is 16.9 Å². The second kappa shape index (κ2) is 7.97. The summed E-state index contributed by atoms with van der Waals surface area (Å²) in [7, 11) is 0. The summed E-state index contributed by atoms with van der Waals surface area (Å²) in [5.74, 6) is 0.174. The maximum atomic E-state index is 13.7. The smallest absolute Gasteiger partial charge is 0.435 e. The molecule has 0 unspecified atom stereocenters. The first-order valence-corrected chi connectivity index (χ1v) is 10.6. The Kier molecular flexibility index (Phi) is 5.22. The summed E-state index contributed by atoms with van der Waals surface area (Å²) in [5, 5.41) is 7.07. The molecule has 2 aromatic heterocycles. The number of nitrogens with one attached hydrogen (secondary N) is 1. The maximum Gasteiger partial charge on any atom is 0.435 e. The fraction of sp³-hybridized carbons (Fsp3) is 0.130. The first kappa shape index (κ1) is 21.6. The summed E-state index contributed by atoms with van der Waals surface area (Å²) in [6, 6.07) is 12.6. The minimum Gasteiger partial charge on any atom is -0.469 e. The highest BCUT2D eigenvalue weighted by molar-refractivity contribution is 6.44. The zero-order valence-corrected chi connectivity index (χ0v) is 18.2. The summed E-state index contributed by atoms with van der Waals surface area (Å²) in [4.78, 5) is 12.6. The number of aromatic nitrogens is 2. The number of furan rings is 1. The summed E-state index contributed by atoms with van der Waals surface area (Å²) < 4.78 is 47.7. The number of halogens is 5. The van der Waals surface area contributed by atoms with Crippen molar-refractivity contribution in [2.75, 3.05) is 5.32 Å². The number of aryl methyl sites for hydroxylation is 1. The first-order valence-electron chi connectivity index (χ1n) is 9.85. The molecule has 1 N–H and O–H groups in total. The predicted octanol–water partition coefficient (Wildman–Crippen LogP) is 6.81. The van der Waals surface area contributed by atoms with Gasteiger partial charge in [-0.2, -0.15) is 18.3 Å². The highest BCUT2D eigenvalue weighted by atomic mass is 35.5. The van der Waals surface area contributed by atoms with Crippen LogP contribution in [0.2, 0.25) is 10.0 Å². The van der Waals surface area contributed by atoms with Crippen molar-refractivity contribution in [1.29, 1.82) is 0 Å². The van der Waals surface area contributed by atoms with Crippen LogP contribution in [0.15, 0.2) is 59.2 Å². The minimum absolute atomic E-state index is 0.133. The lowest BCUT2D eigenvalue weighted by atomic mass is 9.94. The molecule has 2 aromatic carbocycles. The van der Waals surface area contributed by atoms with Gasteiger partial charge in [-0.1, -0.05) is 29.3 Å². The fourth-order valence-corrected chi connectivity index (χ4v) is 4.26. The van der Waals surface area contributed by atoms with E-state index >= 15 is 0 Å². The number of nitrogens with zero attached hydrogens (tertiary/aromatic N) is 2. The molecule has 33 heavy (non-hydrogen) atoms. The van der Waals surface area contributed by atoms with Crippen molar-refractivity contribution in [2.24, 2.45) is 0 Å². The molecule has 168 valence electrons. The quantitative estimate of drug-likeness (QED) is 0.342. The molecule has 1 aliphatic rings. The molecule has 0 radical (unpaired) electrons. The molecule has 5 nitrogen and oxygen atoms in total. The molecular weight excluding hydrogens is 478 g/mol. The van der Waals surface area contributed by atoms with Gasteiger partial charge in [-0.25, -0.2) is 4.68 Å². The Balaban J connectivity index is 1.51. The average molecular weight is 492 g/mol. The molecular formula is C23H14Cl2F3N3O2. The minimum atomic E-state index is -4.59. The van der Waals surface area contributed by atoms with Crippen molar-refractivity contribution in [3.8, 4) is 16.9 Å². The maximum absolute atomic E-state index is 13.7. The van der Waals surface area contributed by atoms with Crippen molar-refractivity contribution in [3.05, 3.63) is 87.4 Å². The van der Waals surface area contributed by atoms with Crippen LogP contribution in [0.5, 0.6) is 0 Å². The number of alkyl halides is 3. The number of hydrogen-bond donors (Lipinski definition) is 1. The van der Waals surface area contributed by atoms with E-state index in [1.165, 1.54) is 35.2 Å². The van der Waals surface area contributed by atoms with Gasteiger partial charge in [-0.15, -0.1) is 0 Å². The van der Waals surface area contributed by atoms with E-state index in [2.05, 4.69) is 10.4 Å². The molecule has 2 heterocycles. The van der Waals surface area contributed by atoms with E-state index < -0.39 is 17.8 Å². The van der Waals surface area contributed by atoms with Crippen LogP contribution in [0.1, 0.15) is 27.4 Å². The average Bonchev–Trinajstić information content (AvgIpc) is 3.41. The lowest BCUT2D eigenvalue weighted by molar-refractivity contribution is -0.142. The highest BCUT2D eigenvalue weighted by Crippen LogP contribution is 2.42. The van der Waals surface area contributed by atoms with E-state index in [-0.39, 0.29) is 22.6 Å². The van der Waals surface area contributed by atoms with Gasteiger partial charge in [0.05, 0.1) is 33.4 Å². The Bertz CT molecular complexity index is 1370. The van der Waals surface area contributed by atoms with E-state index in [1.807, 2.05) is 0 Å². The van der Waals surface area contributed by atoms with Gasteiger partial charge in [0, 0.05) is 23.1 Å². The van der Waals surface area contributed by atoms with Gasteiger partial charge in [0.2, 0.25) is 0 Å². The van der Waals surface area contributed by atoms with Gasteiger partial charge >= 0.3 is 6.18 Å². The molecule has 0 saturated heterocycles. The molecule has 0 atom stereocenters. The fourth-order valence-electron chi connectivity index (χ4n) is 3.91. The molecule has 1 amide bonds. The Hall–Kier alpha value is -3.23. The van der Waals surface area contributed by atoms with E-state index in [4.69, 9.17) is 27.6 Å². The second-order valence-electron chi connectivity index (χ2n) is 7.45. The van der Waals surface area contributed by atoms with Crippen molar-refractivity contribution in [2.45, 2.75) is 19.0 Å². The van der Waals surface area contributed by atoms with Gasteiger partial charge in [0.25, 0.3) is 5.91 Å². The van der Waals surface area contributed by atoms with Crippen LogP contribution in [0.3, 0.4) is 0 Å². The van der Waals surface area contributed by atoms with Crippen molar-refractivity contribution in [3.63, 3.8) is 0 Å². The summed E-state index contributed by atoms with van der Waals surface area (Å²) in [6.45, 7) is 0. The van der Waals surface area contributed by atoms with E-state index in [0.29, 0.717) is 39.8 Å². The third-order valence-corrected chi connectivity index (χ3v) is 6.25. The molecule has 5 rings (SSSR count). The number of benzene rings is 2. The van der Waals surface area contributed by atoms with Crippen LogP contribution < -0.4 is 5.32 Å². The first-order chi connectivity index (χ1) is 15.7. The van der Waals surface area contributed by atoms with Crippen LogP contribution in [-0.4, -0.2) is 15.7 Å². The van der Waals surface area contributed by atoms with E-state index in [1.54, 1.807) is 24.3 Å². The standard InChI is InChI=1S/C23H14Cl2F3N3O2/c24-16-2-1-3-17(19(16)25)29-22(32)12-4-6-13(7-5-12)31-20-14-10-11-33-18(14)9-8-15(20)21(30-31)23(26,27)28/h1-7,10-11H,8-9H2,(H,29,32). The largest absolute Gasteiger partial charge is 0.469 e. The second-order valence-corrected chi connectivity index (χ2v) is 8.23. The van der Waals surface area contributed by atoms with Gasteiger partial charge in [-0.05, 0) is 48.9 Å². The van der Waals surface area contributed by atoms with Crippen LogP contribution in [0.4, 0.5) is 18.9 Å². The Labute approximate surface area is 195 Å². The summed E-state index contributed by atoms with van der Waals surface area (Å²) >= 11 is 12.1. The third-order valence-electron chi connectivity index (χ3n) is 5.43. The Morgan fingerprint density at radius 1 is 1.06 bits per heavy atom. The van der Waals surface area contributed by atoms with Gasteiger partial charge in [-0.3, -0.25) is 4.79 Å². The lowest BCUT2D eigenvalue weighted by Gasteiger charge is -2.15. The van der Waals surface area contributed by atoms with E-state index in [9.17, 15) is 18.0 Å². The van der Waals surface area contributed by atoms with Gasteiger partial charge < -0.3 is 9.73 Å². The zero-order chi connectivity index (χ0) is 23.3. The molecule has 0 fully saturated rings. The molecule has 4 aromatic rings. The number of carbonyl (C=O) groups excluding carboxylic acids is 1. The summed E-state index contributed by atoms with van der Waals surface area (Å²) in [5.41, 5.74) is 1.16. The lowest BCUT2D eigenvalue weighted by Crippen LogP contribution is -2.12. The normalized spacial score (nSPS) is 12.9. The van der Waals surface area contributed by atoms with Crippen LogP contribution in [-0.2, 0) is 19.0 Å². The Morgan fingerprint density at radius 2 is 1.82 bits per heavy atom. The number of hydrogen-bond acceptors (Lipinski definition) is 3. The topological polar surface area (TPSA) is 60.1 Å². The molecule has 0 aliphatic heterocycles. The molecule has 10 heteroatoms. The monoisotopic (exact) mass is 491 g/mol. The van der Waals surface area contributed by atoms with Crippen molar-refractivity contribution < 1.29 is 22.4 Å². The zero-order valence-electron chi connectivity index (χ0n) is 16.7. The highest BCUT2D eigenvalue weighted by Gasteiger charge is 2.41. The third kappa shape index (κ3) is 3.79. The molecule has 1 aliphatic carbocycles. The summed E-state index contributed by atoms with van der Waals surface area (Å²) in [6.07, 6.45) is -2.59. The number of fused-ring (bicyclic) bond motifs is 3. The van der Waals surface area contributed by atoms with Gasteiger partial charge in [0.15, 0.2) is 5.69 Å².